The van der Waals surface area contributed by atoms with Gasteiger partial charge >= 0.3 is 0 Å². The van der Waals surface area contributed by atoms with Crippen molar-refractivity contribution in [3.8, 4) is 5.75 Å². The normalized spacial score (nSPS) is 12.4. The molecule has 2 rings (SSSR count). The lowest BCUT2D eigenvalue weighted by atomic mass is 10.1. The summed E-state index contributed by atoms with van der Waals surface area (Å²) in [5.41, 5.74) is 7.15. The van der Waals surface area contributed by atoms with E-state index in [0.29, 0.717) is 6.42 Å². The summed E-state index contributed by atoms with van der Waals surface area (Å²) in [4.78, 5) is 5.39. The van der Waals surface area contributed by atoms with Crippen molar-refractivity contribution in [2.75, 3.05) is 7.11 Å². The molecule has 0 bridgehead atoms. The molecular formula is C12H13BrN2OS. The number of hydrogen-bond donors (Lipinski definition) is 1. The topological polar surface area (TPSA) is 48.1 Å². The molecule has 0 aliphatic rings. The molecule has 0 saturated carbocycles. The van der Waals surface area contributed by atoms with Gasteiger partial charge in [-0.1, -0.05) is 0 Å². The van der Waals surface area contributed by atoms with E-state index in [4.69, 9.17) is 10.5 Å². The summed E-state index contributed by atoms with van der Waals surface area (Å²) in [7, 11) is 1.66. The molecule has 1 unspecified atom stereocenters. The Kier molecular flexibility index (Phi) is 4.15. The van der Waals surface area contributed by atoms with Gasteiger partial charge in [-0.05, 0) is 39.5 Å². The molecule has 0 radical (unpaired) electrons. The van der Waals surface area contributed by atoms with Crippen molar-refractivity contribution in [3.05, 3.63) is 44.8 Å². The maximum atomic E-state index is 6.16. The molecule has 0 spiro atoms. The molecule has 0 aliphatic heterocycles. The third-order valence-corrected chi connectivity index (χ3v) is 3.93. The highest BCUT2D eigenvalue weighted by molar-refractivity contribution is 9.10. The quantitative estimate of drug-likeness (QED) is 0.943. The van der Waals surface area contributed by atoms with Crippen LogP contribution < -0.4 is 10.5 Å². The molecular weight excluding hydrogens is 300 g/mol. The Morgan fingerprint density at radius 1 is 1.47 bits per heavy atom. The molecule has 0 aliphatic carbocycles. The number of aromatic nitrogens is 1. The van der Waals surface area contributed by atoms with Crippen LogP contribution >= 0.6 is 27.3 Å². The number of halogens is 1. The van der Waals surface area contributed by atoms with E-state index in [1.165, 1.54) is 0 Å². The number of nitrogens with zero attached hydrogens (tertiary/aromatic N) is 1. The van der Waals surface area contributed by atoms with Gasteiger partial charge in [-0.2, -0.15) is 0 Å². The van der Waals surface area contributed by atoms with E-state index in [0.717, 1.165) is 20.8 Å². The Bertz CT molecular complexity index is 484. The van der Waals surface area contributed by atoms with Gasteiger partial charge in [0.25, 0.3) is 0 Å². The summed E-state index contributed by atoms with van der Waals surface area (Å²) in [5, 5.41) is 1.99. The molecule has 0 saturated heterocycles. The highest BCUT2D eigenvalue weighted by Gasteiger charge is 2.14. The van der Waals surface area contributed by atoms with Crippen molar-refractivity contribution in [2.45, 2.75) is 12.5 Å². The fourth-order valence-corrected chi connectivity index (χ4v) is 2.69. The Balaban J connectivity index is 2.11. The smallest absolute Gasteiger partial charge is 0.134 e. The highest BCUT2D eigenvalue weighted by atomic mass is 79.9. The van der Waals surface area contributed by atoms with Gasteiger partial charge in [0.2, 0.25) is 0 Å². The SMILES string of the molecule is COc1ccsc1C(N)Cc1ccc(Br)cn1. The number of thiophene rings is 1. The molecule has 2 aromatic rings. The van der Waals surface area contributed by atoms with E-state index in [-0.39, 0.29) is 6.04 Å². The van der Waals surface area contributed by atoms with Crippen LogP contribution in [0, 0.1) is 0 Å². The molecule has 17 heavy (non-hydrogen) atoms. The Hall–Kier alpha value is -0.910. The first-order chi connectivity index (χ1) is 8.20. The van der Waals surface area contributed by atoms with Gasteiger partial charge in [-0.3, -0.25) is 4.98 Å². The molecule has 3 nitrogen and oxygen atoms in total. The van der Waals surface area contributed by atoms with Crippen LogP contribution in [0.1, 0.15) is 16.6 Å². The monoisotopic (exact) mass is 312 g/mol. The summed E-state index contributed by atoms with van der Waals surface area (Å²) in [6.45, 7) is 0. The van der Waals surface area contributed by atoms with Crippen LogP contribution in [0.3, 0.4) is 0 Å². The van der Waals surface area contributed by atoms with Crippen LogP contribution in [-0.4, -0.2) is 12.1 Å². The molecule has 1 atom stereocenters. The third kappa shape index (κ3) is 3.06. The summed E-state index contributed by atoms with van der Waals surface area (Å²) in [6, 6.07) is 5.82. The Labute approximate surface area is 113 Å². The van der Waals surface area contributed by atoms with E-state index in [2.05, 4.69) is 20.9 Å². The van der Waals surface area contributed by atoms with E-state index >= 15 is 0 Å². The minimum Gasteiger partial charge on any atom is -0.496 e. The molecule has 2 N–H and O–H groups in total. The van der Waals surface area contributed by atoms with E-state index in [9.17, 15) is 0 Å². The van der Waals surface area contributed by atoms with Gasteiger partial charge < -0.3 is 10.5 Å². The number of methoxy groups -OCH3 is 1. The molecule has 5 heteroatoms. The Morgan fingerprint density at radius 2 is 2.29 bits per heavy atom. The van der Waals surface area contributed by atoms with E-state index in [1.807, 2.05) is 23.6 Å². The standard InChI is InChI=1S/C12H13BrN2OS/c1-16-11-4-5-17-12(11)10(14)6-9-3-2-8(13)7-15-9/h2-5,7,10H,6,14H2,1H3. The lowest BCUT2D eigenvalue weighted by Crippen LogP contribution is -2.13. The zero-order valence-electron chi connectivity index (χ0n) is 9.39. The van der Waals surface area contributed by atoms with Crippen molar-refractivity contribution in [1.82, 2.24) is 4.98 Å². The van der Waals surface area contributed by atoms with Crippen LogP contribution in [0.4, 0.5) is 0 Å². The highest BCUT2D eigenvalue weighted by Crippen LogP contribution is 2.31. The molecule has 0 fully saturated rings. The van der Waals surface area contributed by atoms with Crippen molar-refractivity contribution in [3.63, 3.8) is 0 Å². The van der Waals surface area contributed by atoms with E-state index < -0.39 is 0 Å². The number of nitrogens with two attached hydrogens (primary N) is 1. The predicted molar refractivity (Wildman–Crippen MR) is 73.4 cm³/mol. The van der Waals surface area contributed by atoms with Gasteiger partial charge in [-0.15, -0.1) is 11.3 Å². The molecule has 2 aromatic heterocycles. The second-order valence-corrected chi connectivity index (χ2v) is 5.49. The number of pyridine rings is 1. The lowest BCUT2D eigenvalue weighted by Gasteiger charge is -2.11. The second-order valence-electron chi connectivity index (χ2n) is 3.63. The van der Waals surface area contributed by atoms with E-state index in [1.54, 1.807) is 24.6 Å². The first kappa shape index (κ1) is 12.5. The first-order valence-electron chi connectivity index (χ1n) is 5.18. The summed E-state index contributed by atoms with van der Waals surface area (Å²) < 4.78 is 6.24. The number of hydrogen-bond acceptors (Lipinski definition) is 4. The van der Waals surface area contributed by atoms with Gasteiger partial charge in [-0.25, -0.2) is 0 Å². The second kappa shape index (κ2) is 5.62. The van der Waals surface area contributed by atoms with Gasteiger partial charge in [0, 0.05) is 28.8 Å². The maximum absolute atomic E-state index is 6.16. The van der Waals surface area contributed by atoms with Crippen LogP contribution in [0.2, 0.25) is 0 Å². The maximum Gasteiger partial charge on any atom is 0.134 e. The summed E-state index contributed by atoms with van der Waals surface area (Å²) in [6.07, 6.45) is 2.50. The van der Waals surface area contributed by atoms with Crippen LogP contribution in [0.25, 0.3) is 0 Å². The average Bonchev–Trinajstić information content (AvgIpc) is 2.80. The minimum absolute atomic E-state index is 0.0707. The summed E-state index contributed by atoms with van der Waals surface area (Å²) in [5.74, 6) is 0.861. The predicted octanol–water partition coefficient (Wildman–Crippen LogP) is 3.16. The van der Waals surface area contributed by atoms with Gasteiger partial charge in [0.05, 0.1) is 12.0 Å². The molecule has 2 heterocycles. The Morgan fingerprint density at radius 3 is 2.94 bits per heavy atom. The van der Waals surface area contributed by atoms with Gasteiger partial charge in [0.1, 0.15) is 5.75 Å². The fraction of sp³-hybridized carbons (Fsp3) is 0.250. The lowest BCUT2D eigenvalue weighted by molar-refractivity contribution is 0.408. The van der Waals surface area contributed by atoms with Crippen LogP contribution in [-0.2, 0) is 6.42 Å². The molecule has 0 amide bonds. The van der Waals surface area contributed by atoms with Crippen molar-refractivity contribution in [2.24, 2.45) is 5.73 Å². The first-order valence-corrected chi connectivity index (χ1v) is 6.85. The largest absolute Gasteiger partial charge is 0.496 e. The van der Waals surface area contributed by atoms with Crippen molar-refractivity contribution in [1.29, 1.82) is 0 Å². The molecule has 0 aromatic carbocycles. The van der Waals surface area contributed by atoms with Crippen molar-refractivity contribution >= 4 is 27.3 Å². The third-order valence-electron chi connectivity index (χ3n) is 2.43. The molecule has 90 valence electrons. The number of rotatable bonds is 4. The van der Waals surface area contributed by atoms with Crippen LogP contribution in [0.5, 0.6) is 5.75 Å². The minimum atomic E-state index is -0.0707. The van der Waals surface area contributed by atoms with Crippen LogP contribution in [0.15, 0.2) is 34.2 Å². The fourth-order valence-electron chi connectivity index (χ4n) is 1.59. The summed E-state index contributed by atoms with van der Waals surface area (Å²) >= 11 is 4.98. The van der Waals surface area contributed by atoms with Crippen molar-refractivity contribution < 1.29 is 4.74 Å². The average molecular weight is 313 g/mol. The zero-order chi connectivity index (χ0) is 12.3. The number of ether oxygens (including phenoxy) is 1. The van der Waals surface area contributed by atoms with Gasteiger partial charge in [0.15, 0.2) is 0 Å². The zero-order valence-corrected chi connectivity index (χ0v) is 11.8.